The van der Waals surface area contributed by atoms with Gasteiger partial charge in [-0.25, -0.2) is 9.59 Å². The van der Waals surface area contributed by atoms with E-state index in [0.29, 0.717) is 38.5 Å². The highest BCUT2D eigenvalue weighted by atomic mass is 16.5. The van der Waals surface area contributed by atoms with Gasteiger partial charge in [0.15, 0.2) is 0 Å². The van der Waals surface area contributed by atoms with Gasteiger partial charge >= 0.3 is 12.0 Å². The Bertz CT molecular complexity index is 1110. The van der Waals surface area contributed by atoms with Crippen LogP contribution in [0.3, 0.4) is 0 Å². The van der Waals surface area contributed by atoms with E-state index in [1.165, 1.54) is 0 Å². The van der Waals surface area contributed by atoms with Crippen molar-refractivity contribution in [1.82, 2.24) is 10.2 Å². The molecule has 200 valence electrons. The van der Waals surface area contributed by atoms with Crippen molar-refractivity contribution in [3.05, 3.63) is 58.7 Å². The van der Waals surface area contributed by atoms with Gasteiger partial charge in [0.05, 0.1) is 33.5 Å². The number of nitrogens with one attached hydrogen (secondary N) is 1. The van der Waals surface area contributed by atoms with Crippen LogP contribution in [0, 0.1) is 6.92 Å². The van der Waals surface area contributed by atoms with Crippen molar-refractivity contribution in [2.75, 3.05) is 27.4 Å². The third-order valence-corrected chi connectivity index (χ3v) is 7.71. The van der Waals surface area contributed by atoms with Gasteiger partial charge in [-0.15, -0.1) is 0 Å². The van der Waals surface area contributed by atoms with Crippen molar-refractivity contribution in [3.8, 4) is 11.5 Å². The molecule has 0 spiro atoms. The molecule has 0 radical (unpaired) electrons. The molecule has 0 saturated heterocycles. The normalized spacial score (nSPS) is 16.9. The zero-order chi connectivity index (χ0) is 26.6. The summed E-state index contributed by atoms with van der Waals surface area (Å²) < 4.78 is 17.5. The largest absolute Gasteiger partial charge is 0.496 e. The summed E-state index contributed by atoms with van der Waals surface area (Å²) >= 11 is 0. The molecule has 1 atom stereocenters. The Hall–Kier alpha value is -3.26. The summed E-state index contributed by atoms with van der Waals surface area (Å²) in [6.45, 7) is 4.98. The van der Waals surface area contributed by atoms with Crippen molar-refractivity contribution in [1.29, 1.82) is 0 Å². The fraction of sp³-hybridized carbons (Fsp3) is 0.517. The first kappa shape index (κ1) is 26.8. The van der Waals surface area contributed by atoms with Gasteiger partial charge < -0.3 is 29.5 Å². The third-order valence-electron chi connectivity index (χ3n) is 7.71. The van der Waals surface area contributed by atoms with Gasteiger partial charge in [-0.3, -0.25) is 0 Å². The molecule has 2 amide bonds. The molecule has 0 aromatic heterocycles. The zero-order valence-corrected chi connectivity index (χ0v) is 22.2. The molecule has 0 bridgehead atoms. The molecule has 2 aromatic rings. The molecule has 2 aromatic carbocycles. The Labute approximate surface area is 218 Å². The first-order valence-corrected chi connectivity index (χ1v) is 13.0. The van der Waals surface area contributed by atoms with Gasteiger partial charge in [-0.1, -0.05) is 30.3 Å². The van der Waals surface area contributed by atoms with Crippen LogP contribution in [0.2, 0.25) is 0 Å². The molecule has 2 aliphatic carbocycles. The van der Waals surface area contributed by atoms with Crippen molar-refractivity contribution >= 4 is 12.0 Å². The van der Waals surface area contributed by atoms with Crippen LogP contribution in [-0.2, 0) is 16.1 Å². The summed E-state index contributed by atoms with van der Waals surface area (Å²) in [7, 11) is 3.32. The maximum absolute atomic E-state index is 13.6. The molecule has 2 fully saturated rings. The number of carbonyl (C=O) groups excluding carboxylic acids is 1. The van der Waals surface area contributed by atoms with Gasteiger partial charge in [0.2, 0.25) is 0 Å². The molecular formula is C29H38N2O6. The maximum atomic E-state index is 13.6. The second-order valence-corrected chi connectivity index (χ2v) is 10.1. The predicted molar refractivity (Wildman–Crippen MR) is 140 cm³/mol. The van der Waals surface area contributed by atoms with Crippen LogP contribution in [0.15, 0.2) is 36.4 Å². The molecule has 2 saturated carbocycles. The van der Waals surface area contributed by atoms with Crippen molar-refractivity contribution in [2.24, 2.45) is 0 Å². The Morgan fingerprint density at radius 1 is 1.16 bits per heavy atom. The van der Waals surface area contributed by atoms with E-state index in [-0.39, 0.29) is 6.04 Å². The molecule has 0 heterocycles. The number of urea groups is 1. The molecule has 0 unspecified atom stereocenters. The average molecular weight is 511 g/mol. The number of hydrogen-bond donors (Lipinski definition) is 2. The van der Waals surface area contributed by atoms with Gasteiger partial charge in [-0.2, -0.15) is 0 Å². The lowest BCUT2D eigenvalue weighted by Gasteiger charge is -2.41. The lowest BCUT2D eigenvalue weighted by molar-refractivity contribution is -0.148. The minimum Gasteiger partial charge on any atom is -0.496 e. The van der Waals surface area contributed by atoms with E-state index in [9.17, 15) is 14.7 Å². The number of aliphatic carboxylic acids is 1. The Kier molecular flexibility index (Phi) is 8.27. The van der Waals surface area contributed by atoms with Crippen LogP contribution in [0.5, 0.6) is 11.5 Å². The highest BCUT2D eigenvalue weighted by molar-refractivity contribution is 5.87. The number of ether oxygens (including phenoxy) is 3. The van der Waals surface area contributed by atoms with Crippen LogP contribution < -0.4 is 14.8 Å². The van der Waals surface area contributed by atoms with Crippen molar-refractivity contribution in [3.63, 3.8) is 0 Å². The maximum Gasteiger partial charge on any atom is 0.329 e. The lowest BCUT2D eigenvalue weighted by Crippen LogP contribution is -2.62. The van der Waals surface area contributed by atoms with Gasteiger partial charge in [0, 0.05) is 12.1 Å². The van der Waals surface area contributed by atoms with E-state index in [1.807, 2.05) is 50.2 Å². The fourth-order valence-electron chi connectivity index (χ4n) is 5.16. The number of amides is 2. The van der Waals surface area contributed by atoms with E-state index in [4.69, 9.17) is 14.2 Å². The zero-order valence-electron chi connectivity index (χ0n) is 22.2. The summed E-state index contributed by atoms with van der Waals surface area (Å²) in [5.41, 5.74) is 2.78. The quantitative estimate of drug-likeness (QED) is 0.382. The topological polar surface area (TPSA) is 97.3 Å². The SMILES string of the molecule is COc1cc([C@@H](C)N(CCOCc2ccccc2)C(=O)NC2(C(=O)O)CCC2)c(C)c(OC)c1C1CC1. The number of hydrogen-bond acceptors (Lipinski definition) is 5. The van der Waals surface area contributed by atoms with Gasteiger partial charge in [0.25, 0.3) is 0 Å². The highest BCUT2D eigenvalue weighted by Gasteiger charge is 2.47. The Balaban J connectivity index is 1.59. The standard InChI is InChI=1S/C29H38N2O6/c1-19-23(17-24(35-3)25(22-11-12-22)26(19)36-4)20(2)31(15-16-37-18-21-9-6-5-7-10-21)28(34)30-29(27(32)33)13-8-14-29/h5-7,9-10,17,20,22H,8,11-16,18H2,1-4H3,(H,30,34)(H,32,33)/t20-/m1/s1. The number of methoxy groups -OCH3 is 2. The van der Waals surface area contributed by atoms with Gasteiger partial charge in [-0.05, 0) is 74.6 Å². The van der Waals surface area contributed by atoms with Crippen LogP contribution in [-0.4, -0.2) is 54.9 Å². The van der Waals surface area contributed by atoms with E-state index in [2.05, 4.69) is 5.32 Å². The highest BCUT2D eigenvalue weighted by Crippen LogP contribution is 2.51. The van der Waals surface area contributed by atoms with E-state index in [0.717, 1.165) is 53.0 Å². The number of nitrogens with zero attached hydrogens (tertiary/aromatic N) is 1. The number of carboxylic acids is 1. The Morgan fingerprint density at radius 2 is 1.86 bits per heavy atom. The minimum atomic E-state index is -1.21. The number of benzene rings is 2. The van der Waals surface area contributed by atoms with Crippen LogP contribution in [0.1, 0.15) is 73.2 Å². The summed E-state index contributed by atoms with van der Waals surface area (Å²) in [4.78, 5) is 27.2. The first-order chi connectivity index (χ1) is 17.8. The molecule has 0 aliphatic heterocycles. The second kappa shape index (κ2) is 11.4. The number of carboxylic acid groups (broad SMARTS) is 1. The molecule has 37 heavy (non-hydrogen) atoms. The molecular weight excluding hydrogens is 472 g/mol. The van der Waals surface area contributed by atoms with E-state index >= 15 is 0 Å². The smallest absolute Gasteiger partial charge is 0.329 e. The van der Waals surface area contributed by atoms with Crippen molar-refractivity contribution < 1.29 is 28.9 Å². The number of carbonyl (C=O) groups is 2. The average Bonchev–Trinajstić information content (AvgIpc) is 3.71. The van der Waals surface area contributed by atoms with E-state index < -0.39 is 17.5 Å². The van der Waals surface area contributed by atoms with E-state index in [1.54, 1.807) is 19.1 Å². The summed E-state index contributed by atoms with van der Waals surface area (Å²) in [6, 6.07) is 11.1. The fourth-order valence-corrected chi connectivity index (χ4v) is 5.16. The molecule has 8 heteroatoms. The molecule has 4 rings (SSSR count). The van der Waals surface area contributed by atoms with Crippen molar-refractivity contribution in [2.45, 2.75) is 70.1 Å². The van der Waals surface area contributed by atoms with Crippen LogP contribution in [0.4, 0.5) is 4.79 Å². The summed E-state index contributed by atoms with van der Waals surface area (Å²) in [6.07, 6.45) is 3.84. The molecule has 2 N–H and O–H groups in total. The van der Waals surface area contributed by atoms with Crippen LogP contribution in [0.25, 0.3) is 0 Å². The second-order valence-electron chi connectivity index (χ2n) is 10.1. The first-order valence-electron chi connectivity index (χ1n) is 13.0. The molecule has 8 nitrogen and oxygen atoms in total. The molecule has 2 aliphatic rings. The van der Waals surface area contributed by atoms with Crippen LogP contribution >= 0.6 is 0 Å². The van der Waals surface area contributed by atoms with Gasteiger partial charge in [0.1, 0.15) is 17.0 Å². The lowest BCUT2D eigenvalue weighted by atomic mass is 9.77. The Morgan fingerprint density at radius 3 is 2.41 bits per heavy atom. The predicted octanol–water partition coefficient (Wildman–Crippen LogP) is 5.19. The third kappa shape index (κ3) is 5.69. The number of rotatable bonds is 12. The minimum absolute atomic E-state index is 0.296. The summed E-state index contributed by atoms with van der Waals surface area (Å²) in [5.74, 6) is 0.986. The summed E-state index contributed by atoms with van der Waals surface area (Å²) in [5, 5.41) is 12.6. The monoisotopic (exact) mass is 510 g/mol.